The summed E-state index contributed by atoms with van der Waals surface area (Å²) in [6, 6.07) is 7.21. The van der Waals surface area contributed by atoms with Crippen molar-refractivity contribution < 1.29 is 9.59 Å². The average Bonchev–Trinajstić information content (AvgIpc) is 3.49. The van der Waals surface area contributed by atoms with Crippen LogP contribution in [0.3, 0.4) is 0 Å². The Morgan fingerprint density at radius 3 is 3.00 bits per heavy atom. The number of benzene rings is 1. The number of hydrogen-bond acceptors (Lipinski definition) is 5. The molecule has 0 spiro atoms. The molecule has 168 valence electrons. The molecule has 1 aliphatic carbocycles. The van der Waals surface area contributed by atoms with Gasteiger partial charge in [0.15, 0.2) is 5.01 Å². The summed E-state index contributed by atoms with van der Waals surface area (Å²) >= 11 is 7.56. The molecule has 2 N–H and O–H groups in total. The summed E-state index contributed by atoms with van der Waals surface area (Å²) in [5.41, 5.74) is 2.45. The van der Waals surface area contributed by atoms with E-state index in [1.54, 1.807) is 11.0 Å². The molecule has 7 nitrogen and oxygen atoms in total. The van der Waals surface area contributed by atoms with E-state index in [0.29, 0.717) is 15.7 Å². The molecule has 2 aromatic heterocycles. The Morgan fingerprint density at radius 2 is 2.16 bits per heavy atom. The highest BCUT2D eigenvalue weighted by Crippen LogP contribution is 2.28. The number of hydrogen-bond donors (Lipinski definition) is 2. The van der Waals surface area contributed by atoms with Gasteiger partial charge in [-0.25, -0.2) is 4.98 Å². The van der Waals surface area contributed by atoms with Gasteiger partial charge < -0.3 is 20.1 Å². The summed E-state index contributed by atoms with van der Waals surface area (Å²) in [5, 5.41) is 5.23. The molecule has 5 rings (SSSR count). The number of aromatic amines is 1. The average molecular weight is 472 g/mol. The highest BCUT2D eigenvalue weighted by Gasteiger charge is 2.35. The van der Waals surface area contributed by atoms with Gasteiger partial charge in [0.1, 0.15) is 5.69 Å². The van der Waals surface area contributed by atoms with Crippen molar-refractivity contribution in [2.24, 2.45) is 0 Å². The summed E-state index contributed by atoms with van der Waals surface area (Å²) in [7, 11) is 3.90. The topological polar surface area (TPSA) is 81.3 Å². The van der Waals surface area contributed by atoms with Crippen molar-refractivity contribution in [3.63, 3.8) is 0 Å². The van der Waals surface area contributed by atoms with Gasteiger partial charge >= 0.3 is 0 Å². The zero-order valence-electron chi connectivity index (χ0n) is 18.2. The molecule has 2 aliphatic rings. The van der Waals surface area contributed by atoms with E-state index in [4.69, 9.17) is 11.6 Å². The number of H-pyrrole nitrogens is 1. The lowest BCUT2D eigenvalue weighted by atomic mass is 10.1. The number of nitrogens with one attached hydrogen (secondary N) is 2. The Balaban J connectivity index is 1.29. The van der Waals surface area contributed by atoms with E-state index in [9.17, 15) is 9.59 Å². The molecule has 32 heavy (non-hydrogen) atoms. The Bertz CT molecular complexity index is 1190. The van der Waals surface area contributed by atoms with E-state index in [0.717, 1.165) is 55.4 Å². The van der Waals surface area contributed by atoms with E-state index < -0.39 is 0 Å². The fourth-order valence-corrected chi connectivity index (χ4v) is 6.05. The zero-order valence-corrected chi connectivity index (χ0v) is 19.7. The maximum atomic E-state index is 13.2. The highest BCUT2D eigenvalue weighted by atomic mass is 35.5. The fraction of sp³-hybridized carbons (Fsp3) is 0.435. The van der Waals surface area contributed by atoms with Crippen LogP contribution in [0.4, 0.5) is 0 Å². The zero-order chi connectivity index (χ0) is 22.4. The predicted octanol–water partition coefficient (Wildman–Crippen LogP) is 3.69. The lowest BCUT2D eigenvalue weighted by molar-refractivity contribution is 0.0691. The molecular formula is C23H26ClN5O2S. The first kappa shape index (κ1) is 21.4. The van der Waals surface area contributed by atoms with E-state index in [1.807, 2.05) is 25.2 Å². The molecule has 2 amide bonds. The molecule has 1 fully saturated rings. The Labute approximate surface area is 195 Å². The van der Waals surface area contributed by atoms with Crippen molar-refractivity contribution in [2.75, 3.05) is 20.6 Å². The van der Waals surface area contributed by atoms with Crippen LogP contribution in [0.2, 0.25) is 5.02 Å². The molecule has 1 aliphatic heterocycles. The summed E-state index contributed by atoms with van der Waals surface area (Å²) < 4.78 is 0. The third kappa shape index (κ3) is 4.02. The third-order valence-electron chi connectivity index (χ3n) is 6.54. The van der Waals surface area contributed by atoms with Crippen molar-refractivity contribution in [1.82, 2.24) is 25.1 Å². The monoisotopic (exact) mass is 471 g/mol. The Kier molecular flexibility index (Phi) is 5.69. The van der Waals surface area contributed by atoms with Crippen molar-refractivity contribution >= 4 is 45.7 Å². The SMILES string of the molecule is CN1CCc2nc(C(=O)N[C@@H]3CCC[C@H]3N(C)C(=O)c3cc4cc(Cl)ccc4[nH]3)sc2C1. The van der Waals surface area contributed by atoms with Gasteiger partial charge in [-0.05, 0) is 50.6 Å². The van der Waals surface area contributed by atoms with E-state index >= 15 is 0 Å². The van der Waals surface area contributed by atoms with Crippen LogP contribution in [-0.2, 0) is 13.0 Å². The molecule has 1 aromatic carbocycles. The van der Waals surface area contributed by atoms with Gasteiger partial charge in [-0.2, -0.15) is 0 Å². The normalized spacial score (nSPS) is 21.0. The fourth-order valence-electron chi connectivity index (χ4n) is 4.78. The molecule has 0 bridgehead atoms. The summed E-state index contributed by atoms with van der Waals surface area (Å²) in [6.07, 6.45) is 3.56. The summed E-state index contributed by atoms with van der Waals surface area (Å²) in [4.78, 5) is 39.1. The van der Waals surface area contributed by atoms with Gasteiger partial charge in [0.2, 0.25) is 0 Å². The van der Waals surface area contributed by atoms with Crippen LogP contribution in [0.25, 0.3) is 10.9 Å². The maximum absolute atomic E-state index is 13.2. The van der Waals surface area contributed by atoms with E-state index in [1.165, 1.54) is 16.2 Å². The lowest BCUT2D eigenvalue weighted by Crippen LogP contribution is -2.49. The number of thiazole rings is 1. The number of nitrogens with zero attached hydrogens (tertiary/aromatic N) is 3. The number of carbonyl (C=O) groups excluding carboxylic acids is 2. The third-order valence-corrected chi connectivity index (χ3v) is 7.86. The molecule has 0 unspecified atom stereocenters. The van der Waals surface area contributed by atoms with Crippen LogP contribution in [0.5, 0.6) is 0 Å². The second-order valence-electron chi connectivity index (χ2n) is 8.79. The maximum Gasteiger partial charge on any atom is 0.280 e. The van der Waals surface area contributed by atoms with Gasteiger partial charge in [-0.15, -0.1) is 11.3 Å². The van der Waals surface area contributed by atoms with E-state index in [-0.39, 0.29) is 23.9 Å². The van der Waals surface area contributed by atoms with Crippen molar-refractivity contribution in [1.29, 1.82) is 0 Å². The smallest absolute Gasteiger partial charge is 0.280 e. The van der Waals surface area contributed by atoms with Crippen molar-refractivity contribution in [3.05, 3.63) is 50.6 Å². The molecule has 3 aromatic rings. The van der Waals surface area contributed by atoms with E-state index in [2.05, 4.69) is 27.2 Å². The first-order chi connectivity index (χ1) is 15.4. The second kappa shape index (κ2) is 8.50. The minimum Gasteiger partial charge on any atom is -0.351 e. The number of likely N-dealkylation sites (N-methyl/N-ethyl adjacent to an activating group) is 2. The molecule has 2 atom stereocenters. The first-order valence-corrected chi connectivity index (χ1v) is 12.1. The van der Waals surface area contributed by atoms with Crippen LogP contribution in [0.1, 0.15) is 50.1 Å². The molecular weight excluding hydrogens is 446 g/mol. The Hall–Kier alpha value is -2.42. The highest BCUT2D eigenvalue weighted by molar-refractivity contribution is 7.13. The molecule has 9 heteroatoms. The standard InChI is InChI=1S/C23H26ClN5O2S/c1-28-9-8-17-20(12-28)32-22(27-17)21(30)26-16-4-3-5-19(16)29(2)23(31)18-11-13-10-14(24)6-7-15(13)25-18/h6-7,10-11,16,19,25H,3-5,8-9,12H2,1-2H3,(H,26,30)/t16-,19-/m1/s1. The van der Waals surface area contributed by atoms with Gasteiger partial charge in [0.25, 0.3) is 11.8 Å². The van der Waals surface area contributed by atoms with Crippen LogP contribution in [0.15, 0.2) is 24.3 Å². The van der Waals surface area contributed by atoms with Crippen LogP contribution >= 0.6 is 22.9 Å². The molecule has 1 saturated carbocycles. The second-order valence-corrected chi connectivity index (χ2v) is 10.3. The Morgan fingerprint density at radius 1 is 1.31 bits per heavy atom. The largest absolute Gasteiger partial charge is 0.351 e. The lowest BCUT2D eigenvalue weighted by Gasteiger charge is -2.29. The van der Waals surface area contributed by atoms with Crippen molar-refractivity contribution in [3.8, 4) is 0 Å². The van der Waals surface area contributed by atoms with Gasteiger partial charge in [-0.3, -0.25) is 9.59 Å². The number of aromatic nitrogens is 2. The quantitative estimate of drug-likeness (QED) is 0.608. The predicted molar refractivity (Wildman–Crippen MR) is 126 cm³/mol. The number of halogens is 1. The number of fused-ring (bicyclic) bond motifs is 2. The minimum atomic E-state index is -0.134. The van der Waals surface area contributed by atoms with Gasteiger partial charge in [-0.1, -0.05) is 11.6 Å². The number of amides is 2. The molecule has 0 radical (unpaired) electrons. The van der Waals surface area contributed by atoms with Gasteiger partial charge in [0, 0.05) is 53.4 Å². The summed E-state index contributed by atoms with van der Waals surface area (Å²) in [5.74, 6) is -0.221. The van der Waals surface area contributed by atoms with Crippen molar-refractivity contribution in [2.45, 2.75) is 44.3 Å². The molecule has 0 saturated heterocycles. The van der Waals surface area contributed by atoms with Crippen LogP contribution in [-0.4, -0.2) is 64.3 Å². The minimum absolute atomic E-state index is 0.0535. The van der Waals surface area contributed by atoms with Gasteiger partial charge in [0.05, 0.1) is 11.7 Å². The van der Waals surface area contributed by atoms with Crippen LogP contribution in [0, 0.1) is 0 Å². The number of rotatable bonds is 4. The number of carbonyl (C=O) groups is 2. The molecule has 3 heterocycles. The summed E-state index contributed by atoms with van der Waals surface area (Å²) in [6.45, 7) is 1.81. The first-order valence-electron chi connectivity index (χ1n) is 10.9. The van der Waals surface area contributed by atoms with Crippen LogP contribution < -0.4 is 5.32 Å².